The summed E-state index contributed by atoms with van der Waals surface area (Å²) in [5, 5.41) is 2.81. The van der Waals surface area contributed by atoms with E-state index in [1.165, 1.54) is 28.2 Å². The summed E-state index contributed by atoms with van der Waals surface area (Å²) in [6.07, 6.45) is 3.94. The lowest BCUT2D eigenvalue weighted by atomic mass is 9.99. The van der Waals surface area contributed by atoms with Gasteiger partial charge in [-0.15, -0.1) is 11.3 Å². The predicted molar refractivity (Wildman–Crippen MR) is 107 cm³/mol. The molecule has 0 saturated heterocycles. The number of carbonyl (C=O) groups is 2. The molecule has 5 nitrogen and oxygen atoms in total. The monoisotopic (exact) mass is 387 g/mol. The van der Waals surface area contributed by atoms with Crippen LogP contribution in [0.5, 0.6) is 5.75 Å². The highest BCUT2D eigenvalue weighted by Gasteiger charge is 2.25. The van der Waals surface area contributed by atoms with E-state index in [2.05, 4.69) is 5.32 Å². The Kier molecular flexibility index (Phi) is 6.50. The second kappa shape index (κ2) is 9.04. The molecule has 1 aromatic carbocycles. The molecule has 6 heteroatoms. The minimum absolute atomic E-state index is 0.348. The van der Waals surface area contributed by atoms with Gasteiger partial charge in [0.1, 0.15) is 10.6 Å². The van der Waals surface area contributed by atoms with E-state index in [9.17, 15) is 9.59 Å². The topological polar surface area (TPSA) is 64.6 Å². The summed E-state index contributed by atoms with van der Waals surface area (Å²) < 4.78 is 11.0. The van der Waals surface area contributed by atoms with Crippen LogP contribution < -0.4 is 10.1 Å². The van der Waals surface area contributed by atoms with Crippen LogP contribution in [-0.2, 0) is 22.4 Å². The summed E-state index contributed by atoms with van der Waals surface area (Å²) in [4.78, 5) is 27.0. The van der Waals surface area contributed by atoms with E-state index < -0.39 is 12.1 Å². The standard InChI is InChI=1S/C21H25NO4S/c1-3-16(20(23)22-15-10-6-7-11-17(15)25-4-2)26-21(24)19-13-14-9-5-8-12-18(14)27-19/h6-7,10-11,13,16H,3-5,8-9,12H2,1-2H3,(H,22,23). The van der Waals surface area contributed by atoms with Crippen molar-refractivity contribution in [1.29, 1.82) is 0 Å². The number of benzene rings is 1. The molecule has 0 spiro atoms. The van der Waals surface area contributed by atoms with Gasteiger partial charge in [0.05, 0.1) is 12.3 Å². The van der Waals surface area contributed by atoms with Gasteiger partial charge in [-0.3, -0.25) is 4.79 Å². The first-order chi connectivity index (χ1) is 13.1. The van der Waals surface area contributed by atoms with E-state index in [4.69, 9.17) is 9.47 Å². The summed E-state index contributed by atoms with van der Waals surface area (Å²) in [5.74, 6) is -0.172. The van der Waals surface area contributed by atoms with Crippen molar-refractivity contribution in [1.82, 2.24) is 0 Å². The Morgan fingerprint density at radius 3 is 2.70 bits per heavy atom. The molecule has 0 saturated carbocycles. The normalized spacial score (nSPS) is 14.1. The van der Waals surface area contributed by atoms with Crippen molar-refractivity contribution in [2.75, 3.05) is 11.9 Å². The number of amides is 1. The van der Waals surface area contributed by atoms with Gasteiger partial charge in [-0.2, -0.15) is 0 Å². The smallest absolute Gasteiger partial charge is 0.349 e. The Morgan fingerprint density at radius 2 is 1.96 bits per heavy atom. The Hall–Kier alpha value is -2.34. The molecule has 1 heterocycles. The fourth-order valence-corrected chi connectivity index (χ4v) is 4.30. The Labute approximate surface area is 163 Å². The first-order valence-corrected chi connectivity index (χ1v) is 10.3. The molecule has 1 N–H and O–H groups in total. The maximum Gasteiger partial charge on any atom is 0.349 e. The average molecular weight is 388 g/mol. The van der Waals surface area contributed by atoms with Gasteiger partial charge in [-0.25, -0.2) is 4.79 Å². The lowest BCUT2D eigenvalue weighted by Crippen LogP contribution is -2.32. The third-order valence-electron chi connectivity index (χ3n) is 4.56. The molecule has 0 aliphatic heterocycles. The molecule has 144 valence electrons. The highest BCUT2D eigenvalue weighted by Crippen LogP contribution is 2.30. The number of nitrogens with one attached hydrogen (secondary N) is 1. The minimum Gasteiger partial charge on any atom is -0.492 e. The maximum absolute atomic E-state index is 12.6. The molecule has 2 aromatic rings. The Morgan fingerprint density at radius 1 is 1.19 bits per heavy atom. The first-order valence-electron chi connectivity index (χ1n) is 9.47. The lowest BCUT2D eigenvalue weighted by Gasteiger charge is -2.17. The van der Waals surface area contributed by atoms with Crippen LogP contribution in [0.15, 0.2) is 30.3 Å². The number of rotatable bonds is 7. The number of thiophene rings is 1. The molecule has 0 fully saturated rings. The van der Waals surface area contributed by atoms with Crippen molar-refractivity contribution < 1.29 is 19.1 Å². The SMILES string of the molecule is CCOc1ccccc1NC(=O)C(CC)OC(=O)c1cc2c(s1)CCCC2. The number of para-hydroxylation sites is 2. The number of ether oxygens (including phenoxy) is 2. The van der Waals surface area contributed by atoms with Crippen LogP contribution in [0.3, 0.4) is 0 Å². The molecule has 0 radical (unpaired) electrons. The lowest BCUT2D eigenvalue weighted by molar-refractivity contribution is -0.124. The van der Waals surface area contributed by atoms with Crippen molar-refractivity contribution in [2.24, 2.45) is 0 Å². The average Bonchev–Trinajstić information content (AvgIpc) is 3.12. The molecule has 27 heavy (non-hydrogen) atoms. The van der Waals surface area contributed by atoms with Gasteiger partial charge in [0.2, 0.25) is 0 Å². The third-order valence-corrected chi connectivity index (χ3v) is 5.77. The molecule has 0 bridgehead atoms. The van der Waals surface area contributed by atoms with Crippen LogP contribution in [0.1, 0.15) is 53.2 Å². The highest BCUT2D eigenvalue weighted by molar-refractivity contribution is 7.14. The maximum atomic E-state index is 12.6. The van der Waals surface area contributed by atoms with Gasteiger partial charge in [-0.05, 0) is 62.8 Å². The van der Waals surface area contributed by atoms with E-state index >= 15 is 0 Å². The summed E-state index contributed by atoms with van der Waals surface area (Å²) in [6.45, 7) is 4.21. The van der Waals surface area contributed by atoms with Gasteiger partial charge < -0.3 is 14.8 Å². The number of hydrogen-bond donors (Lipinski definition) is 1. The summed E-state index contributed by atoms with van der Waals surface area (Å²) in [7, 11) is 0. The van der Waals surface area contributed by atoms with Crippen LogP contribution in [0.4, 0.5) is 5.69 Å². The molecule has 1 amide bonds. The fourth-order valence-electron chi connectivity index (χ4n) is 3.17. The quantitative estimate of drug-likeness (QED) is 0.705. The predicted octanol–water partition coefficient (Wildman–Crippen LogP) is 4.60. The van der Waals surface area contributed by atoms with E-state index in [0.717, 1.165) is 19.3 Å². The van der Waals surface area contributed by atoms with E-state index in [1.807, 2.05) is 32.0 Å². The van der Waals surface area contributed by atoms with Gasteiger partial charge in [0.15, 0.2) is 6.10 Å². The zero-order valence-corrected chi connectivity index (χ0v) is 16.6. The van der Waals surface area contributed by atoms with E-state index in [1.54, 1.807) is 12.1 Å². The zero-order valence-electron chi connectivity index (χ0n) is 15.7. The second-order valence-corrected chi connectivity index (χ2v) is 7.62. The first kappa shape index (κ1) is 19.4. The van der Waals surface area contributed by atoms with Gasteiger partial charge in [0, 0.05) is 4.88 Å². The Balaban J connectivity index is 1.66. The number of anilines is 1. The highest BCUT2D eigenvalue weighted by atomic mass is 32.1. The molecular formula is C21H25NO4S. The molecule has 3 rings (SSSR count). The number of esters is 1. The van der Waals surface area contributed by atoms with E-state index in [0.29, 0.717) is 29.3 Å². The summed E-state index contributed by atoms with van der Waals surface area (Å²) in [5.41, 5.74) is 1.83. The largest absolute Gasteiger partial charge is 0.492 e. The van der Waals surface area contributed by atoms with Crippen LogP contribution in [0.25, 0.3) is 0 Å². The van der Waals surface area contributed by atoms with Crippen molar-refractivity contribution >= 4 is 28.9 Å². The van der Waals surface area contributed by atoms with Crippen LogP contribution in [0.2, 0.25) is 0 Å². The number of aryl methyl sites for hydroxylation is 2. The summed E-state index contributed by atoms with van der Waals surface area (Å²) in [6, 6.07) is 9.15. The van der Waals surface area contributed by atoms with E-state index in [-0.39, 0.29) is 5.91 Å². The molecular weight excluding hydrogens is 362 g/mol. The molecule has 1 aromatic heterocycles. The van der Waals surface area contributed by atoms with Crippen LogP contribution in [0, 0.1) is 0 Å². The summed E-state index contributed by atoms with van der Waals surface area (Å²) >= 11 is 1.49. The van der Waals surface area contributed by atoms with Crippen LogP contribution >= 0.6 is 11.3 Å². The Bertz CT molecular complexity index is 791. The molecule has 1 aliphatic carbocycles. The van der Waals surface area contributed by atoms with Gasteiger partial charge in [-0.1, -0.05) is 19.1 Å². The third kappa shape index (κ3) is 4.69. The van der Waals surface area contributed by atoms with Gasteiger partial charge >= 0.3 is 5.97 Å². The van der Waals surface area contributed by atoms with Gasteiger partial charge in [0.25, 0.3) is 5.91 Å². The molecule has 1 unspecified atom stereocenters. The van der Waals surface area contributed by atoms with Crippen molar-refractivity contribution in [2.45, 2.75) is 52.1 Å². The molecule has 1 aliphatic rings. The fraction of sp³-hybridized carbons (Fsp3) is 0.429. The van der Waals surface area contributed by atoms with Crippen LogP contribution in [-0.4, -0.2) is 24.6 Å². The zero-order chi connectivity index (χ0) is 19.2. The van der Waals surface area contributed by atoms with Crippen molar-refractivity contribution in [3.8, 4) is 5.75 Å². The van der Waals surface area contributed by atoms with Crippen molar-refractivity contribution in [3.63, 3.8) is 0 Å². The number of fused-ring (bicyclic) bond motifs is 1. The number of carbonyl (C=O) groups excluding carboxylic acids is 2. The minimum atomic E-state index is -0.841. The second-order valence-electron chi connectivity index (χ2n) is 6.49. The molecule has 1 atom stereocenters. The van der Waals surface area contributed by atoms with Crippen molar-refractivity contribution in [3.05, 3.63) is 45.6 Å². The number of hydrogen-bond acceptors (Lipinski definition) is 5.